The molecule has 1 fully saturated rings. The zero-order chi connectivity index (χ0) is 17.2. The van der Waals surface area contributed by atoms with Gasteiger partial charge in [-0.3, -0.25) is 4.79 Å². The van der Waals surface area contributed by atoms with Crippen molar-refractivity contribution in [3.8, 4) is 11.5 Å². The molecule has 2 aromatic rings. The lowest BCUT2D eigenvalue weighted by molar-refractivity contribution is -0.124. The molecule has 4 rings (SSSR count). The molecule has 1 unspecified atom stereocenters. The van der Waals surface area contributed by atoms with E-state index in [-0.39, 0.29) is 12.7 Å². The Bertz CT molecular complexity index is 833. The summed E-state index contributed by atoms with van der Waals surface area (Å²) >= 11 is 6.12. The summed E-state index contributed by atoms with van der Waals surface area (Å²) in [7, 11) is 0. The van der Waals surface area contributed by atoms with Gasteiger partial charge in [-0.1, -0.05) is 35.9 Å². The van der Waals surface area contributed by atoms with E-state index in [1.54, 1.807) is 12.2 Å². The molecule has 1 amide bonds. The standard InChI is InChI=1S/C20H18ClNO3/c21-17-4-2-1-3-14(17)6-8-20(23)22-10-9-16(12-22)15-5-7-18-19(11-15)25-13-24-18/h1-8,11,16H,9-10,12-13H2/b8-6+. The van der Waals surface area contributed by atoms with Crippen molar-refractivity contribution in [3.05, 3.63) is 64.7 Å². The number of likely N-dealkylation sites (tertiary alicyclic amines) is 1. The molecule has 5 heteroatoms. The Hall–Kier alpha value is -2.46. The number of nitrogens with zero attached hydrogens (tertiary/aromatic N) is 1. The number of rotatable bonds is 3. The van der Waals surface area contributed by atoms with Gasteiger partial charge in [0.15, 0.2) is 11.5 Å². The summed E-state index contributed by atoms with van der Waals surface area (Å²) in [6.07, 6.45) is 4.33. The van der Waals surface area contributed by atoms with E-state index in [9.17, 15) is 4.79 Å². The third kappa shape index (κ3) is 3.35. The van der Waals surface area contributed by atoms with Gasteiger partial charge in [-0.15, -0.1) is 0 Å². The Kier molecular flexibility index (Phi) is 4.36. The highest BCUT2D eigenvalue weighted by Crippen LogP contribution is 2.37. The first-order chi connectivity index (χ1) is 12.2. The molecular formula is C20H18ClNO3. The molecule has 0 aliphatic carbocycles. The van der Waals surface area contributed by atoms with Gasteiger partial charge in [-0.25, -0.2) is 0 Å². The summed E-state index contributed by atoms with van der Waals surface area (Å²) in [6, 6.07) is 13.5. The molecule has 0 spiro atoms. The third-order valence-corrected chi connectivity index (χ3v) is 5.02. The highest BCUT2D eigenvalue weighted by Gasteiger charge is 2.27. The predicted octanol–water partition coefficient (Wildman–Crippen LogP) is 4.10. The minimum Gasteiger partial charge on any atom is -0.454 e. The SMILES string of the molecule is O=C(/C=C/c1ccccc1Cl)N1CCC(c2ccc3c(c2)OCO3)C1. The molecule has 0 radical (unpaired) electrons. The summed E-state index contributed by atoms with van der Waals surface area (Å²) in [6.45, 7) is 1.75. The zero-order valence-corrected chi connectivity index (χ0v) is 14.4. The molecule has 4 nitrogen and oxygen atoms in total. The van der Waals surface area contributed by atoms with Gasteiger partial charge >= 0.3 is 0 Å². The van der Waals surface area contributed by atoms with Crippen molar-refractivity contribution in [1.82, 2.24) is 4.90 Å². The molecule has 2 aliphatic heterocycles. The van der Waals surface area contributed by atoms with Crippen LogP contribution in [0.5, 0.6) is 11.5 Å². The van der Waals surface area contributed by atoms with Gasteiger partial charge in [0.1, 0.15) is 0 Å². The van der Waals surface area contributed by atoms with Crippen LogP contribution in [-0.4, -0.2) is 30.7 Å². The lowest BCUT2D eigenvalue weighted by atomic mass is 9.98. The van der Waals surface area contributed by atoms with Gasteiger partial charge in [-0.2, -0.15) is 0 Å². The summed E-state index contributed by atoms with van der Waals surface area (Å²) in [5, 5.41) is 0.645. The van der Waals surface area contributed by atoms with Crippen LogP contribution in [0.15, 0.2) is 48.5 Å². The number of carbonyl (C=O) groups is 1. The number of hydrogen-bond acceptors (Lipinski definition) is 3. The van der Waals surface area contributed by atoms with Crippen LogP contribution in [0.25, 0.3) is 6.08 Å². The van der Waals surface area contributed by atoms with E-state index in [0.717, 1.165) is 30.0 Å². The van der Waals surface area contributed by atoms with E-state index in [4.69, 9.17) is 21.1 Å². The van der Waals surface area contributed by atoms with Crippen molar-refractivity contribution in [1.29, 1.82) is 0 Å². The molecule has 2 heterocycles. The number of halogens is 1. The lowest BCUT2D eigenvalue weighted by Gasteiger charge is -2.15. The molecule has 2 aliphatic rings. The van der Waals surface area contributed by atoms with Crippen LogP contribution in [0.1, 0.15) is 23.5 Å². The van der Waals surface area contributed by atoms with Crippen LogP contribution >= 0.6 is 11.6 Å². The van der Waals surface area contributed by atoms with Crippen LogP contribution in [0.4, 0.5) is 0 Å². The number of carbonyl (C=O) groups excluding carboxylic acids is 1. The Labute approximate surface area is 151 Å². The van der Waals surface area contributed by atoms with Gasteiger partial charge in [0.05, 0.1) is 0 Å². The summed E-state index contributed by atoms with van der Waals surface area (Å²) in [5.74, 6) is 1.92. The lowest BCUT2D eigenvalue weighted by Crippen LogP contribution is -2.26. The van der Waals surface area contributed by atoms with E-state index < -0.39 is 0 Å². The number of hydrogen-bond donors (Lipinski definition) is 0. The third-order valence-electron chi connectivity index (χ3n) is 4.68. The monoisotopic (exact) mass is 355 g/mol. The van der Waals surface area contributed by atoms with Crippen molar-refractivity contribution in [2.24, 2.45) is 0 Å². The summed E-state index contributed by atoms with van der Waals surface area (Å²) < 4.78 is 10.8. The molecule has 128 valence electrons. The molecule has 0 N–H and O–H groups in total. The predicted molar refractivity (Wildman–Crippen MR) is 97.0 cm³/mol. The largest absolute Gasteiger partial charge is 0.454 e. The van der Waals surface area contributed by atoms with Gasteiger partial charge < -0.3 is 14.4 Å². The first-order valence-electron chi connectivity index (χ1n) is 8.32. The molecule has 1 atom stereocenters. The van der Waals surface area contributed by atoms with Gasteiger partial charge in [0, 0.05) is 30.1 Å². The molecule has 0 bridgehead atoms. The van der Waals surface area contributed by atoms with Crippen LogP contribution in [0, 0.1) is 0 Å². The van der Waals surface area contributed by atoms with E-state index >= 15 is 0 Å². The average Bonchev–Trinajstić information content (AvgIpc) is 3.29. The van der Waals surface area contributed by atoms with E-state index in [0.29, 0.717) is 17.5 Å². The van der Waals surface area contributed by atoms with Gasteiger partial charge in [-0.05, 0) is 41.8 Å². The number of amides is 1. The summed E-state index contributed by atoms with van der Waals surface area (Å²) in [5.41, 5.74) is 2.04. The Morgan fingerprint density at radius 2 is 2.00 bits per heavy atom. The molecule has 1 saturated heterocycles. The second-order valence-corrected chi connectivity index (χ2v) is 6.64. The van der Waals surface area contributed by atoms with Crippen LogP contribution < -0.4 is 9.47 Å². The number of fused-ring (bicyclic) bond motifs is 1. The van der Waals surface area contributed by atoms with Crippen molar-refractivity contribution >= 4 is 23.6 Å². The highest BCUT2D eigenvalue weighted by atomic mass is 35.5. The summed E-state index contributed by atoms with van der Waals surface area (Å²) in [4.78, 5) is 14.3. The smallest absolute Gasteiger partial charge is 0.246 e. The molecule has 0 saturated carbocycles. The second kappa shape index (κ2) is 6.81. The van der Waals surface area contributed by atoms with Crippen LogP contribution in [0.3, 0.4) is 0 Å². The van der Waals surface area contributed by atoms with E-state index in [1.807, 2.05) is 41.3 Å². The maximum Gasteiger partial charge on any atom is 0.246 e. The zero-order valence-electron chi connectivity index (χ0n) is 13.7. The maximum atomic E-state index is 12.4. The fourth-order valence-electron chi connectivity index (χ4n) is 3.28. The number of benzene rings is 2. The maximum absolute atomic E-state index is 12.4. The second-order valence-electron chi connectivity index (χ2n) is 6.24. The van der Waals surface area contributed by atoms with Crippen LogP contribution in [-0.2, 0) is 4.79 Å². The molecule has 25 heavy (non-hydrogen) atoms. The quantitative estimate of drug-likeness (QED) is 0.778. The minimum absolute atomic E-state index is 0.0168. The first-order valence-corrected chi connectivity index (χ1v) is 8.69. The molecule has 0 aromatic heterocycles. The Balaban J connectivity index is 1.42. The fourth-order valence-corrected chi connectivity index (χ4v) is 3.48. The van der Waals surface area contributed by atoms with Crippen molar-refractivity contribution in [2.75, 3.05) is 19.9 Å². The topological polar surface area (TPSA) is 38.8 Å². The van der Waals surface area contributed by atoms with Crippen LogP contribution in [0.2, 0.25) is 5.02 Å². The normalized spacial score (nSPS) is 18.9. The van der Waals surface area contributed by atoms with E-state index in [2.05, 4.69) is 6.07 Å². The highest BCUT2D eigenvalue weighted by molar-refractivity contribution is 6.32. The van der Waals surface area contributed by atoms with Crippen molar-refractivity contribution in [3.63, 3.8) is 0 Å². The van der Waals surface area contributed by atoms with Gasteiger partial charge in [0.2, 0.25) is 12.7 Å². The fraction of sp³-hybridized carbons (Fsp3) is 0.250. The van der Waals surface area contributed by atoms with Crippen molar-refractivity contribution in [2.45, 2.75) is 12.3 Å². The Morgan fingerprint density at radius 3 is 2.88 bits per heavy atom. The first kappa shape index (κ1) is 16.0. The van der Waals surface area contributed by atoms with Crippen molar-refractivity contribution < 1.29 is 14.3 Å². The molecule has 2 aromatic carbocycles. The average molecular weight is 356 g/mol. The minimum atomic E-state index is 0.0168. The molecular weight excluding hydrogens is 338 g/mol. The van der Waals surface area contributed by atoms with Gasteiger partial charge in [0.25, 0.3) is 0 Å². The van der Waals surface area contributed by atoms with E-state index in [1.165, 1.54) is 5.56 Å². The Morgan fingerprint density at radius 1 is 1.16 bits per heavy atom. The number of ether oxygens (including phenoxy) is 2.